The van der Waals surface area contributed by atoms with Crippen molar-refractivity contribution >= 4 is 29.0 Å². The molecular weight excluding hydrogens is 381 g/mol. The average molecular weight is 401 g/mol. The van der Waals surface area contributed by atoms with Crippen LogP contribution in [0.15, 0.2) is 53.7 Å². The summed E-state index contributed by atoms with van der Waals surface area (Å²) in [4.78, 5) is 12.1. The van der Waals surface area contributed by atoms with Crippen LogP contribution in [0, 0.1) is 5.82 Å². The van der Waals surface area contributed by atoms with E-state index in [2.05, 4.69) is 20.8 Å². The largest absolute Gasteiger partial charge is 0.497 e. The van der Waals surface area contributed by atoms with E-state index in [1.807, 2.05) is 11.6 Å². The van der Waals surface area contributed by atoms with E-state index >= 15 is 0 Å². The number of hydrogen-bond acceptors (Lipinski definition) is 6. The molecule has 1 heterocycles. The Morgan fingerprint density at radius 2 is 1.79 bits per heavy atom. The third kappa shape index (κ3) is 5.23. The molecule has 2 aromatic carbocycles. The molecule has 1 aromatic heterocycles. The van der Waals surface area contributed by atoms with Gasteiger partial charge in [0.15, 0.2) is 11.0 Å². The van der Waals surface area contributed by atoms with E-state index in [-0.39, 0.29) is 17.5 Å². The van der Waals surface area contributed by atoms with Crippen molar-refractivity contribution in [2.75, 3.05) is 23.5 Å². The number of amides is 1. The van der Waals surface area contributed by atoms with Crippen LogP contribution in [-0.2, 0) is 18.4 Å². The van der Waals surface area contributed by atoms with Gasteiger partial charge in [0.05, 0.1) is 19.4 Å². The van der Waals surface area contributed by atoms with Crippen molar-refractivity contribution in [3.05, 3.63) is 60.2 Å². The Balaban J connectivity index is 1.50. The molecule has 3 aromatic rings. The van der Waals surface area contributed by atoms with Crippen LogP contribution in [0.3, 0.4) is 0 Å². The molecule has 0 saturated carbocycles. The number of nitrogens with one attached hydrogen (secondary N) is 2. The third-order valence-electron chi connectivity index (χ3n) is 3.93. The molecule has 146 valence electrons. The van der Waals surface area contributed by atoms with E-state index in [0.29, 0.717) is 23.2 Å². The maximum absolute atomic E-state index is 12.9. The van der Waals surface area contributed by atoms with E-state index in [4.69, 9.17) is 4.74 Å². The number of methoxy groups -OCH3 is 1. The summed E-state index contributed by atoms with van der Waals surface area (Å²) in [6.45, 7) is 0.438. The van der Waals surface area contributed by atoms with Crippen LogP contribution in [0.25, 0.3) is 0 Å². The fourth-order valence-electron chi connectivity index (χ4n) is 2.38. The second kappa shape index (κ2) is 9.23. The number of rotatable bonds is 8. The van der Waals surface area contributed by atoms with E-state index in [9.17, 15) is 9.18 Å². The summed E-state index contributed by atoms with van der Waals surface area (Å²) < 4.78 is 19.9. The number of ether oxygens (including phenoxy) is 1. The first-order valence-corrected chi connectivity index (χ1v) is 9.48. The summed E-state index contributed by atoms with van der Waals surface area (Å²) in [6.07, 6.45) is 0. The summed E-state index contributed by atoms with van der Waals surface area (Å²) >= 11 is 1.30. The highest BCUT2D eigenvalue weighted by molar-refractivity contribution is 7.99. The molecule has 0 bridgehead atoms. The van der Waals surface area contributed by atoms with E-state index in [1.165, 1.54) is 23.9 Å². The van der Waals surface area contributed by atoms with Crippen molar-refractivity contribution in [3.8, 4) is 5.75 Å². The van der Waals surface area contributed by atoms with Gasteiger partial charge in [0, 0.05) is 18.4 Å². The molecule has 1 amide bonds. The molecule has 0 aliphatic rings. The molecule has 0 aliphatic heterocycles. The van der Waals surface area contributed by atoms with Gasteiger partial charge in [0.25, 0.3) is 0 Å². The second-order valence-electron chi connectivity index (χ2n) is 5.88. The maximum Gasteiger partial charge on any atom is 0.234 e. The Morgan fingerprint density at radius 3 is 2.46 bits per heavy atom. The third-order valence-corrected chi connectivity index (χ3v) is 4.95. The van der Waals surface area contributed by atoms with Crippen LogP contribution < -0.4 is 15.4 Å². The Hall–Kier alpha value is -3.07. The molecule has 0 saturated heterocycles. The zero-order valence-corrected chi connectivity index (χ0v) is 16.3. The summed E-state index contributed by atoms with van der Waals surface area (Å²) in [5.41, 5.74) is 1.49. The molecule has 0 unspecified atom stereocenters. The van der Waals surface area contributed by atoms with Crippen LogP contribution >= 0.6 is 11.8 Å². The highest BCUT2D eigenvalue weighted by atomic mass is 32.2. The number of carbonyl (C=O) groups is 1. The van der Waals surface area contributed by atoms with Crippen molar-refractivity contribution in [1.29, 1.82) is 0 Å². The van der Waals surface area contributed by atoms with Crippen molar-refractivity contribution in [1.82, 2.24) is 14.8 Å². The van der Waals surface area contributed by atoms with Gasteiger partial charge in [-0.05, 0) is 48.5 Å². The Morgan fingerprint density at radius 1 is 1.11 bits per heavy atom. The number of hydrogen-bond donors (Lipinski definition) is 2. The standard InChI is InChI=1S/C19H20FN5O2S/c1-25-17(11-21-14-5-3-13(20)4-6-14)23-24-19(25)28-12-18(26)22-15-7-9-16(27-2)10-8-15/h3-10,21H,11-12H2,1-2H3,(H,22,26). The fourth-order valence-corrected chi connectivity index (χ4v) is 3.11. The summed E-state index contributed by atoms with van der Waals surface area (Å²) in [7, 11) is 3.43. The smallest absolute Gasteiger partial charge is 0.234 e. The SMILES string of the molecule is COc1ccc(NC(=O)CSc2nnc(CNc3ccc(F)cc3)n2C)cc1. The van der Waals surface area contributed by atoms with Gasteiger partial charge in [-0.1, -0.05) is 11.8 Å². The number of anilines is 2. The highest BCUT2D eigenvalue weighted by Gasteiger charge is 2.11. The summed E-state index contributed by atoms with van der Waals surface area (Å²) in [5.74, 6) is 1.24. The van der Waals surface area contributed by atoms with Gasteiger partial charge < -0.3 is 19.9 Å². The first kappa shape index (κ1) is 19.7. The number of benzene rings is 2. The van der Waals surface area contributed by atoms with Gasteiger partial charge in [-0.3, -0.25) is 4.79 Å². The normalized spacial score (nSPS) is 10.5. The van der Waals surface area contributed by atoms with Gasteiger partial charge in [-0.25, -0.2) is 4.39 Å². The Kier molecular flexibility index (Phi) is 6.49. The van der Waals surface area contributed by atoms with Crippen LogP contribution in [0.5, 0.6) is 5.75 Å². The van der Waals surface area contributed by atoms with Gasteiger partial charge >= 0.3 is 0 Å². The van der Waals surface area contributed by atoms with Crippen LogP contribution in [-0.4, -0.2) is 33.5 Å². The first-order chi connectivity index (χ1) is 13.5. The van der Waals surface area contributed by atoms with Gasteiger partial charge in [0.1, 0.15) is 11.6 Å². The molecule has 2 N–H and O–H groups in total. The fraction of sp³-hybridized carbons (Fsp3) is 0.211. The van der Waals surface area contributed by atoms with Gasteiger partial charge in [-0.2, -0.15) is 0 Å². The first-order valence-electron chi connectivity index (χ1n) is 8.49. The van der Waals surface area contributed by atoms with Crippen molar-refractivity contribution < 1.29 is 13.9 Å². The number of aromatic nitrogens is 3. The molecule has 3 rings (SSSR count). The second-order valence-corrected chi connectivity index (χ2v) is 6.83. The average Bonchev–Trinajstić information content (AvgIpc) is 3.06. The zero-order valence-electron chi connectivity index (χ0n) is 15.5. The maximum atomic E-state index is 12.9. The minimum Gasteiger partial charge on any atom is -0.497 e. The van der Waals surface area contributed by atoms with Crippen molar-refractivity contribution in [2.24, 2.45) is 7.05 Å². The topological polar surface area (TPSA) is 81.1 Å². The molecule has 0 aliphatic carbocycles. The summed E-state index contributed by atoms with van der Waals surface area (Å²) in [6, 6.07) is 13.2. The van der Waals surface area contributed by atoms with E-state index in [0.717, 1.165) is 11.4 Å². The molecular formula is C19H20FN5O2S. The van der Waals surface area contributed by atoms with Crippen LogP contribution in [0.4, 0.5) is 15.8 Å². The van der Waals surface area contributed by atoms with E-state index < -0.39 is 0 Å². The molecule has 0 radical (unpaired) electrons. The molecule has 0 fully saturated rings. The van der Waals surface area contributed by atoms with Gasteiger partial charge in [0.2, 0.25) is 5.91 Å². The van der Waals surface area contributed by atoms with Gasteiger partial charge in [-0.15, -0.1) is 10.2 Å². The van der Waals surface area contributed by atoms with Crippen molar-refractivity contribution in [3.63, 3.8) is 0 Å². The Bertz CT molecular complexity index is 929. The number of nitrogens with zero attached hydrogens (tertiary/aromatic N) is 3. The quantitative estimate of drug-likeness (QED) is 0.564. The number of thioether (sulfide) groups is 1. The lowest BCUT2D eigenvalue weighted by molar-refractivity contribution is -0.113. The predicted molar refractivity (Wildman–Crippen MR) is 107 cm³/mol. The lowest BCUT2D eigenvalue weighted by Crippen LogP contribution is -2.14. The molecule has 0 spiro atoms. The number of halogens is 1. The van der Waals surface area contributed by atoms with Crippen molar-refractivity contribution in [2.45, 2.75) is 11.7 Å². The molecule has 7 nitrogen and oxygen atoms in total. The van der Waals surface area contributed by atoms with E-state index in [1.54, 1.807) is 43.5 Å². The highest BCUT2D eigenvalue weighted by Crippen LogP contribution is 2.19. The summed E-state index contributed by atoms with van der Waals surface area (Å²) in [5, 5.41) is 14.9. The van der Waals surface area contributed by atoms with Crippen LogP contribution in [0.1, 0.15) is 5.82 Å². The zero-order chi connectivity index (χ0) is 19.9. The molecule has 9 heteroatoms. The lowest BCUT2D eigenvalue weighted by Gasteiger charge is -2.07. The predicted octanol–water partition coefficient (Wildman–Crippen LogP) is 3.31. The Labute approximate surface area is 166 Å². The monoisotopic (exact) mass is 401 g/mol. The number of carbonyl (C=O) groups excluding carboxylic acids is 1. The minimum atomic E-state index is -0.282. The molecule has 0 atom stereocenters. The lowest BCUT2D eigenvalue weighted by atomic mass is 10.3. The minimum absolute atomic E-state index is 0.135. The van der Waals surface area contributed by atoms with Crippen LogP contribution in [0.2, 0.25) is 0 Å². The molecule has 28 heavy (non-hydrogen) atoms.